The molecule has 0 bridgehead atoms. The molecule has 1 aliphatic carbocycles. The smallest absolute Gasteiger partial charge is 0.237 e. The highest BCUT2D eigenvalue weighted by atomic mass is 32.1. The number of hydrogen-bond acceptors (Lipinski definition) is 8. The molecule has 0 aromatic carbocycles. The quantitative estimate of drug-likeness (QED) is 0.515. The summed E-state index contributed by atoms with van der Waals surface area (Å²) in [6, 6.07) is 0.646. The topological polar surface area (TPSA) is 90.4 Å². The highest BCUT2D eigenvalue weighted by Gasteiger charge is 2.39. The van der Waals surface area contributed by atoms with Gasteiger partial charge >= 0.3 is 0 Å². The highest BCUT2D eigenvalue weighted by Crippen LogP contribution is 2.43. The van der Waals surface area contributed by atoms with Crippen LogP contribution in [0.4, 0.5) is 5.82 Å². The highest BCUT2D eigenvalue weighted by molar-refractivity contribution is 7.13. The summed E-state index contributed by atoms with van der Waals surface area (Å²) in [6.45, 7) is 2.19. The molecule has 0 N–H and O–H groups in total. The maximum absolute atomic E-state index is 5.03. The Morgan fingerprint density at radius 2 is 2.07 bits per heavy atom. The number of aromatic nitrogens is 8. The van der Waals surface area contributed by atoms with Gasteiger partial charge in [0.25, 0.3) is 0 Å². The van der Waals surface area contributed by atoms with Crippen LogP contribution < -0.4 is 4.90 Å². The fourth-order valence-electron chi connectivity index (χ4n) is 4.19. The molecule has 6 rings (SSSR count). The summed E-state index contributed by atoms with van der Waals surface area (Å²) in [5.74, 6) is 3.26. The lowest BCUT2D eigenvalue weighted by molar-refractivity contribution is 0.341. The van der Waals surface area contributed by atoms with Gasteiger partial charge in [0, 0.05) is 30.0 Å². The molecule has 1 unspecified atom stereocenters. The molecule has 0 saturated heterocycles. The maximum atomic E-state index is 5.03. The van der Waals surface area contributed by atoms with Gasteiger partial charge in [-0.1, -0.05) is 6.92 Å². The van der Waals surface area contributed by atoms with Gasteiger partial charge in [-0.05, 0) is 25.7 Å². The summed E-state index contributed by atoms with van der Waals surface area (Å²) in [6.07, 6.45) is 13.6. The van der Waals surface area contributed by atoms with Crippen molar-refractivity contribution in [2.24, 2.45) is 0 Å². The summed E-state index contributed by atoms with van der Waals surface area (Å²) in [5, 5.41) is 11.4. The van der Waals surface area contributed by atoms with Crippen molar-refractivity contribution in [3.05, 3.63) is 42.3 Å². The van der Waals surface area contributed by atoms with Crippen molar-refractivity contribution < 1.29 is 0 Å². The minimum absolute atomic E-state index is 0.166. The lowest BCUT2D eigenvalue weighted by atomic mass is 9.89. The maximum Gasteiger partial charge on any atom is 0.237 e. The second kappa shape index (κ2) is 6.45. The zero-order chi connectivity index (χ0) is 19.4. The number of nitrogens with zero attached hydrogens (tertiary/aromatic N) is 9. The van der Waals surface area contributed by atoms with Gasteiger partial charge in [-0.3, -0.25) is 9.13 Å². The first-order chi connectivity index (χ1) is 14.3. The molecule has 5 heterocycles. The van der Waals surface area contributed by atoms with E-state index in [0.29, 0.717) is 12.0 Å². The van der Waals surface area contributed by atoms with Crippen molar-refractivity contribution in [3.8, 4) is 22.5 Å². The van der Waals surface area contributed by atoms with Crippen LogP contribution >= 0.6 is 11.3 Å². The molecule has 4 aromatic rings. The summed E-state index contributed by atoms with van der Waals surface area (Å²) < 4.78 is 3.93. The number of thiazole rings is 1. The first-order valence-electron chi connectivity index (χ1n) is 9.84. The fraction of sp³-hybridized carbons (Fsp3) is 0.368. The van der Waals surface area contributed by atoms with Gasteiger partial charge in [0.15, 0.2) is 22.5 Å². The molecule has 0 radical (unpaired) electrons. The third-order valence-electron chi connectivity index (χ3n) is 5.78. The van der Waals surface area contributed by atoms with E-state index in [2.05, 4.69) is 37.0 Å². The van der Waals surface area contributed by atoms with E-state index < -0.39 is 0 Å². The molecule has 1 fully saturated rings. The zero-order valence-corrected chi connectivity index (χ0v) is 16.7. The molecule has 1 atom stereocenters. The molecule has 1 saturated carbocycles. The van der Waals surface area contributed by atoms with Crippen molar-refractivity contribution in [1.29, 1.82) is 0 Å². The van der Waals surface area contributed by atoms with Gasteiger partial charge in [-0.15, -0.1) is 21.5 Å². The summed E-state index contributed by atoms with van der Waals surface area (Å²) >= 11 is 1.55. The molecular formula is C19H19N9S. The molecule has 4 aromatic heterocycles. The van der Waals surface area contributed by atoms with E-state index in [1.54, 1.807) is 30.1 Å². The second-order valence-electron chi connectivity index (χ2n) is 7.31. The molecule has 146 valence electrons. The largest absolute Gasteiger partial charge is 0.341 e. The number of rotatable bonds is 4. The van der Waals surface area contributed by atoms with Crippen LogP contribution in [-0.4, -0.2) is 45.3 Å². The molecule has 29 heavy (non-hydrogen) atoms. The summed E-state index contributed by atoms with van der Waals surface area (Å²) in [5.41, 5.74) is 0.932. The Hall–Kier alpha value is -3.14. The third-order valence-corrected chi connectivity index (χ3v) is 6.55. The van der Waals surface area contributed by atoms with E-state index >= 15 is 0 Å². The van der Waals surface area contributed by atoms with Crippen molar-refractivity contribution in [2.45, 2.75) is 44.7 Å². The molecule has 10 heteroatoms. The Morgan fingerprint density at radius 3 is 2.83 bits per heavy atom. The molecule has 0 spiro atoms. The van der Waals surface area contributed by atoms with Gasteiger partial charge in [-0.2, -0.15) is 4.98 Å². The Balaban J connectivity index is 1.52. The van der Waals surface area contributed by atoms with Crippen LogP contribution in [0.1, 0.15) is 44.5 Å². The number of hydrogen-bond donors (Lipinski definition) is 0. The van der Waals surface area contributed by atoms with Crippen LogP contribution in [0.5, 0.6) is 0 Å². The molecular weight excluding hydrogens is 386 g/mol. The van der Waals surface area contributed by atoms with E-state index in [0.717, 1.165) is 34.6 Å². The Labute approximate surface area is 171 Å². The molecule has 2 aliphatic rings. The number of anilines is 1. The fourth-order valence-corrected chi connectivity index (χ4v) is 4.82. The Bertz CT molecular complexity index is 1160. The first kappa shape index (κ1) is 16.8. The Morgan fingerprint density at radius 1 is 1.14 bits per heavy atom. The van der Waals surface area contributed by atoms with E-state index in [1.165, 1.54) is 19.3 Å². The molecule has 1 aliphatic heterocycles. The van der Waals surface area contributed by atoms with E-state index in [4.69, 9.17) is 4.98 Å². The average Bonchev–Trinajstić information content (AvgIpc) is 3.46. The summed E-state index contributed by atoms with van der Waals surface area (Å²) in [4.78, 5) is 21.0. The van der Waals surface area contributed by atoms with Crippen LogP contribution in [0.15, 0.2) is 36.5 Å². The van der Waals surface area contributed by atoms with Gasteiger partial charge in [0.1, 0.15) is 12.0 Å². The normalized spacial score (nSPS) is 18.4. The first-order valence-corrected chi connectivity index (χ1v) is 10.7. The van der Waals surface area contributed by atoms with Gasteiger partial charge < -0.3 is 4.90 Å². The van der Waals surface area contributed by atoms with Crippen LogP contribution in [-0.2, 0) is 0 Å². The average molecular weight is 405 g/mol. The van der Waals surface area contributed by atoms with E-state index in [1.807, 2.05) is 26.9 Å². The molecule has 0 amide bonds. The number of fused-ring (bicyclic) bond motifs is 3. The summed E-state index contributed by atoms with van der Waals surface area (Å²) in [7, 11) is 0. The van der Waals surface area contributed by atoms with E-state index in [-0.39, 0.29) is 6.04 Å². The van der Waals surface area contributed by atoms with Crippen molar-refractivity contribution in [3.63, 3.8) is 0 Å². The van der Waals surface area contributed by atoms with Gasteiger partial charge in [-0.25, -0.2) is 15.0 Å². The monoisotopic (exact) mass is 405 g/mol. The Kier molecular flexibility index (Phi) is 3.73. The SMILES string of the molecule is CCC1c2nncn2-c2cnc(-n3ccnc3-c3nccs3)nc2N1C1CCC1. The van der Waals surface area contributed by atoms with Crippen LogP contribution in [0.2, 0.25) is 0 Å². The van der Waals surface area contributed by atoms with Crippen molar-refractivity contribution in [2.75, 3.05) is 4.90 Å². The van der Waals surface area contributed by atoms with Crippen molar-refractivity contribution >= 4 is 17.2 Å². The minimum Gasteiger partial charge on any atom is -0.341 e. The van der Waals surface area contributed by atoms with Gasteiger partial charge in [0.2, 0.25) is 5.95 Å². The predicted molar refractivity (Wildman–Crippen MR) is 108 cm³/mol. The molecule has 9 nitrogen and oxygen atoms in total. The zero-order valence-electron chi connectivity index (χ0n) is 15.9. The predicted octanol–water partition coefficient (Wildman–Crippen LogP) is 3.19. The third kappa shape index (κ3) is 2.45. The van der Waals surface area contributed by atoms with Crippen LogP contribution in [0.3, 0.4) is 0 Å². The lowest BCUT2D eigenvalue weighted by Crippen LogP contribution is -2.46. The standard InChI is InChI=1S/C19H19N9S/c1-2-13-16-25-23-11-27(16)14-10-22-19(24-15(14)28(13)12-4-3-5-12)26-8-6-20-17(26)18-21-7-9-29-18/h6-13H,2-5H2,1H3. The second-order valence-corrected chi connectivity index (χ2v) is 8.21. The lowest BCUT2D eigenvalue weighted by Gasteiger charge is -2.45. The van der Waals surface area contributed by atoms with Crippen molar-refractivity contribution in [1.82, 2.24) is 39.3 Å². The minimum atomic E-state index is 0.166. The van der Waals surface area contributed by atoms with E-state index in [9.17, 15) is 0 Å². The van der Waals surface area contributed by atoms with Gasteiger partial charge in [0.05, 0.1) is 12.2 Å². The number of imidazole rings is 1. The van der Waals surface area contributed by atoms with Crippen LogP contribution in [0.25, 0.3) is 22.5 Å². The van der Waals surface area contributed by atoms with Crippen LogP contribution in [0, 0.1) is 0 Å².